The average molecular weight is 621 g/mol. The highest BCUT2D eigenvalue weighted by Crippen LogP contribution is 2.65. The molecular weight excluding hydrogens is 580 g/mol. The number of aromatic hydroxyl groups is 1. The smallest absolute Gasteiger partial charge is 0.203 e. The van der Waals surface area contributed by atoms with E-state index in [9.17, 15) is 34.8 Å². The summed E-state index contributed by atoms with van der Waals surface area (Å²) < 4.78 is 0. The fraction of sp³-hybridized carbons (Fsp3) is 0.359. The number of fused-ring (bicyclic) bond motifs is 3. The van der Waals surface area contributed by atoms with Crippen molar-refractivity contribution in [2.24, 2.45) is 22.7 Å². The van der Waals surface area contributed by atoms with Gasteiger partial charge in [-0.2, -0.15) is 0 Å². The van der Waals surface area contributed by atoms with Crippen molar-refractivity contribution in [1.29, 1.82) is 0 Å². The van der Waals surface area contributed by atoms with Crippen LogP contribution in [0.3, 0.4) is 0 Å². The van der Waals surface area contributed by atoms with Crippen molar-refractivity contribution >= 4 is 23.1 Å². The molecule has 4 aliphatic carbocycles. The van der Waals surface area contributed by atoms with E-state index >= 15 is 0 Å². The Kier molecular flexibility index (Phi) is 7.21. The van der Waals surface area contributed by atoms with Crippen LogP contribution in [0, 0.1) is 22.7 Å². The second-order valence-electron chi connectivity index (χ2n) is 14.2. The van der Waals surface area contributed by atoms with E-state index < -0.39 is 56.8 Å². The maximum atomic E-state index is 14.5. The largest absolute Gasteiger partial charge is 0.508 e. The number of Topliss-reactive ketones (excluding diaryl/α,β-unsaturated/α-hetero) is 3. The Bertz CT molecular complexity index is 1870. The Morgan fingerprint density at radius 2 is 1.72 bits per heavy atom. The van der Waals surface area contributed by atoms with E-state index in [-0.39, 0.29) is 35.6 Å². The summed E-state index contributed by atoms with van der Waals surface area (Å²) in [5.41, 5.74) is -0.212. The van der Waals surface area contributed by atoms with Gasteiger partial charge in [-0.05, 0) is 78.0 Å². The molecule has 0 spiro atoms. The fourth-order valence-electron chi connectivity index (χ4n) is 8.86. The van der Waals surface area contributed by atoms with Crippen LogP contribution >= 0.6 is 0 Å². The molecule has 0 radical (unpaired) electrons. The summed E-state index contributed by atoms with van der Waals surface area (Å²) in [7, 11) is 0. The van der Waals surface area contributed by atoms with Crippen molar-refractivity contribution in [3.63, 3.8) is 0 Å². The van der Waals surface area contributed by atoms with Gasteiger partial charge in [0, 0.05) is 22.3 Å². The van der Waals surface area contributed by atoms with Gasteiger partial charge >= 0.3 is 0 Å². The molecule has 46 heavy (non-hydrogen) atoms. The van der Waals surface area contributed by atoms with Gasteiger partial charge in [0.15, 0.2) is 17.2 Å². The topological polar surface area (TPSA) is 132 Å². The van der Waals surface area contributed by atoms with Crippen LogP contribution in [0.4, 0.5) is 0 Å². The van der Waals surface area contributed by atoms with E-state index in [4.69, 9.17) is 0 Å². The van der Waals surface area contributed by atoms with Crippen LogP contribution in [-0.2, 0) is 27.2 Å². The van der Waals surface area contributed by atoms with Gasteiger partial charge in [-0.15, -0.1) is 0 Å². The second-order valence-corrected chi connectivity index (χ2v) is 14.2. The first-order valence-corrected chi connectivity index (χ1v) is 15.7. The monoisotopic (exact) mass is 620 g/mol. The maximum absolute atomic E-state index is 14.5. The number of carbonyl (C=O) groups is 3. The zero-order valence-corrected chi connectivity index (χ0v) is 26.9. The van der Waals surface area contributed by atoms with Gasteiger partial charge < -0.3 is 20.4 Å². The number of phenols is 1. The highest BCUT2D eigenvalue weighted by molar-refractivity contribution is 6.24. The number of hydrogen-bond donors (Lipinski definition) is 4. The van der Waals surface area contributed by atoms with E-state index in [1.54, 1.807) is 26.8 Å². The van der Waals surface area contributed by atoms with E-state index in [0.717, 1.165) is 35.6 Å². The summed E-state index contributed by atoms with van der Waals surface area (Å²) in [5.74, 6) is -5.33. The van der Waals surface area contributed by atoms with Crippen LogP contribution in [0.15, 0.2) is 89.3 Å². The van der Waals surface area contributed by atoms with Gasteiger partial charge in [-0.25, -0.2) is 0 Å². The number of aliphatic hydroxyl groups is 3. The van der Waals surface area contributed by atoms with Gasteiger partial charge in [0.2, 0.25) is 5.78 Å². The molecule has 1 fully saturated rings. The van der Waals surface area contributed by atoms with Crippen molar-refractivity contribution in [1.82, 2.24) is 0 Å². The van der Waals surface area contributed by atoms with Crippen molar-refractivity contribution in [2.45, 2.75) is 65.9 Å². The quantitative estimate of drug-likeness (QED) is 0.260. The molecule has 0 saturated heterocycles. The third-order valence-electron chi connectivity index (χ3n) is 10.8. The van der Waals surface area contributed by atoms with Crippen molar-refractivity contribution in [3.05, 3.63) is 106 Å². The van der Waals surface area contributed by atoms with Crippen LogP contribution in [0.1, 0.15) is 64.2 Å². The lowest BCUT2D eigenvalue weighted by Gasteiger charge is -2.59. The first-order chi connectivity index (χ1) is 21.6. The van der Waals surface area contributed by atoms with Crippen LogP contribution in [0.5, 0.6) is 5.75 Å². The van der Waals surface area contributed by atoms with Crippen molar-refractivity contribution < 1.29 is 34.8 Å². The minimum Gasteiger partial charge on any atom is -0.508 e. The normalized spacial score (nSPS) is 28.7. The molecule has 0 amide bonds. The molecule has 0 aliphatic heterocycles. The first kappa shape index (κ1) is 31.5. The summed E-state index contributed by atoms with van der Waals surface area (Å²) >= 11 is 0. The number of allylic oxidation sites excluding steroid dienone is 6. The predicted molar refractivity (Wildman–Crippen MR) is 176 cm³/mol. The lowest BCUT2D eigenvalue weighted by molar-refractivity contribution is -0.178. The van der Waals surface area contributed by atoms with Crippen LogP contribution in [0.25, 0.3) is 16.9 Å². The number of phenolic OH excluding ortho intramolecular Hbond substituents is 1. The van der Waals surface area contributed by atoms with Gasteiger partial charge in [-0.3, -0.25) is 14.4 Å². The molecule has 0 heterocycles. The predicted octanol–water partition coefficient (Wildman–Crippen LogP) is 6.84. The lowest BCUT2D eigenvalue weighted by Crippen LogP contribution is -2.69. The number of hydrogen-bond acceptors (Lipinski definition) is 7. The molecule has 238 valence electrons. The Labute approximate surface area is 269 Å². The molecule has 1 saturated carbocycles. The number of benzene rings is 2. The fourth-order valence-corrected chi connectivity index (χ4v) is 8.86. The zero-order chi connectivity index (χ0) is 33.5. The standard InChI is InChI=1S/C39H40O7/c1-20(2)31-33(42)29(22(4)40)35(44)39(46)36(45)32-34(43)30-27(18-37(32,5)19-38(31,39)6)26(15-16-28(30)41)25-13-11-23(12-14-25)17-21(3)24-9-7-8-10-24/h7-9,11-16,20,31,41,43-44,46H,3,10,17-19H2,1-2,4-6H3/t31?,37-,38-,39+/m1/s1. The van der Waals surface area contributed by atoms with Crippen LogP contribution in [0.2, 0.25) is 0 Å². The Balaban J connectivity index is 1.48. The van der Waals surface area contributed by atoms with Crippen LogP contribution < -0.4 is 0 Å². The number of ketones is 3. The maximum Gasteiger partial charge on any atom is 0.203 e. The Morgan fingerprint density at radius 3 is 2.30 bits per heavy atom. The third kappa shape index (κ3) is 4.24. The zero-order valence-electron chi connectivity index (χ0n) is 26.9. The lowest BCUT2D eigenvalue weighted by atomic mass is 9.43. The van der Waals surface area contributed by atoms with Crippen LogP contribution in [-0.4, -0.2) is 43.4 Å². The van der Waals surface area contributed by atoms with E-state index in [0.29, 0.717) is 12.0 Å². The third-order valence-corrected chi connectivity index (χ3v) is 10.8. The summed E-state index contributed by atoms with van der Waals surface area (Å²) in [6, 6.07) is 11.3. The molecule has 4 atom stereocenters. The van der Waals surface area contributed by atoms with Gasteiger partial charge in [0.1, 0.15) is 22.8 Å². The molecular formula is C39H40O7. The van der Waals surface area contributed by atoms with Gasteiger partial charge in [-0.1, -0.05) is 82.8 Å². The molecule has 7 heteroatoms. The van der Waals surface area contributed by atoms with E-state index in [1.165, 1.54) is 11.6 Å². The SMILES string of the molecule is C=C(Cc1ccc(-c2ccc(O)c3c2C[C@]2(C)C[C@]4(C)C(C(C)C)C(=O)C(C(C)=O)=C(O)[C@]4(O)C(=O)C2=C3O)cc1)C1=CC=CC1. The molecule has 1 unspecified atom stereocenters. The first-order valence-electron chi connectivity index (χ1n) is 15.7. The van der Waals surface area contributed by atoms with Crippen molar-refractivity contribution in [3.8, 4) is 16.9 Å². The molecule has 2 aromatic carbocycles. The number of aliphatic hydroxyl groups excluding tert-OH is 2. The molecule has 6 rings (SSSR count). The Morgan fingerprint density at radius 1 is 1.04 bits per heavy atom. The summed E-state index contributed by atoms with van der Waals surface area (Å²) in [5, 5.41) is 46.4. The highest BCUT2D eigenvalue weighted by atomic mass is 16.3. The Hall–Kier alpha value is -4.49. The average Bonchev–Trinajstić information content (AvgIpc) is 3.51. The molecule has 7 nitrogen and oxygen atoms in total. The minimum atomic E-state index is -2.63. The van der Waals surface area contributed by atoms with Gasteiger partial charge in [0.05, 0.1) is 5.56 Å². The number of carbonyl (C=O) groups excluding carboxylic acids is 3. The molecule has 4 aliphatic rings. The van der Waals surface area contributed by atoms with E-state index in [1.807, 2.05) is 37.3 Å². The van der Waals surface area contributed by atoms with E-state index in [2.05, 4.69) is 18.7 Å². The molecule has 4 N–H and O–H groups in total. The highest BCUT2D eigenvalue weighted by Gasteiger charge is 2.72. The van der Waals surface area contributed by atoms with Gasteiger partial charge in [0.25, 0.3) is 0 Å². The molecule has 0 aromatic heterocycles. The molecule has 0 bridgehead atoms. The molecule has 2 aromatic rings. The summed E-state index contributed by atoms with van der Waals surface area (Å²) in [4.78, 5) is 40.8. The second kappa shape index (κ2) is 10.5. The summed E-state index contributed by atoms with van der Waals surface area (Å²) in [6.07, 6.45) is 8.07. The minimum absolute atomic E-state index is 0.0474. The number of rotatable bonds is 6. The van der Waals surface area contributed by atoms with Crippen molar-refractivity contribution in [2.75, 3.05) is 0 Å². The summed E-state index contributed by atoms with van der Waals surface area (Å²) in [6.45, 7) is 12.4.